The van der Waals surface area contributed by atoms with E-state index in [9.17, 15) is 0 Å². The smallest absolute Gasteiger partial charge is 0.122 e. The fourth-order valence-corrected chi connectivity index (χ4v) is 4.62. The first kappa shape index (κ1) is 18.5. The highest BCUT2D eigenvalue weighted by atomic mass is 16.5. The number of aliphatic hydroxyl groups excluding tert-OH is 1. The van der Waals surface area contributed by atoms with Crippen LogP contribution in [0.4, 0.5) is 0 Å². The van der Waals surface area contributed by atoms with Crippen LogP contribution in [0.3, 0.4) is 0 Å². The Morgan fingerprint density at radius 3 is 2.07 bits per heavy atom. The van der Waals surface area contributed by atoms with Crippen molar-refractivity contribution < 1.29 is 9.84 Å². The van der Waals surface area contributed by atoms with E-state index in [0.29, 0.717) is 0 Å². The third-order valence-electron chi connectivity index (χ3n) is 5.81. The van der Waals surface area contributed by atoms with E-state index in [2.05, 4.69) is 48.5 Å². The van der Waals surface area contributed by atoms with Gasteiger partial charge >= 0.3 is 0 Å². The van der Waals surface area contributed by atoms with Crippen molar-refractivity contribution in [3.8, 4) is 17.1 Å². The first-order chi connectivity index (χ1) is 14.8. The molecule has 0 bridgehead atoms. The molecule has 0 unspecified atom stereocenters. The van der Waals surface area contributed by atoms with E-state index < -0.39 is 5.41 Å². The summed E-state index contributed by atoms with van der Waals surface area (Å²) in [6, 6.07) is 25.1. The minimum absolute atomic E-state index is 0.00671. The summed E-state index contributed by atoms with van der Waals surface area (Å²) in [5, 5.41) is 9.11. The predicted molar refractivity (Wildman–Crippen MR) is 117 cm³/mol. The van der Waals surface area contributed by atoms with Crippen molar-refractivity contribution in [1.82, 2.24) is 9.97 Å². The number of nitrogens with zero attached hydrogens (tertiary/aromatic N) is 2. The molecule has 5 rings (SSSR count). The minimum Gasteiger partial charge on any atom is -0.491 e. The van der Waals surface area contributed by atoms with Crippen LogP contribution in [0.15, 0.2) is 85.2 Å². The van der Waals surface area contributed by atoms with E-state index in [-0.39, 0.29) is 13.2 Å². The molecule has 1 aliphatic carbocycles. The van der Waals surface area contributed by atoms with Crippen molar-refractivity contribution in [2.24, 2.45) is 0 Å². The summed E-state index contributed by atoms with van der Waals surface area (Å²) in [5.74, 6) is 0.784. The number of benzene rings is 2. The normalized spacial score (nSPS) is 13.5. The molecule has 0 saturated carbocycles. The zero-order valence-corrected chi connectivity index (χ0v) is 16.7. The zero-order chi connectivity index (χ0) is 20.6. The second-order valence-electron chi connectivity index (χ2n) is 7.47. The summed E-state index contributed by atoms with van der Waals surface area (Å²) < 4.78 is 5.71. The molecule has 4 aromatic rings. The number of pyridine rings is 2. The lowest BCUT2D eigenvalue weighted by molar-refractivity contribution is 0.200. The molecule has 0 spiro atoms. The molecule has 30 heavy (non-hydrogen) atoms. The van der Waals surface area contributed by atoms with E-state index in [1.165, 1.54) is 5.56 Å². The maximum Gasteiger partial charge on any atom is 0.122 e. The molecule has 1 aliphatic rings. The molecule has 0 aliphatic heterocycles. The van der Waals surface area contributed by atoms with Gasteiger partial charge in [0, 0.05) is 12.4 Å². The molecule has 2 heterocycles. The number of hydrogen-bond acceptors (Lipinski definition) is 4. The Balaban J connectivity index is 1.83. The third kappa shape index (κ3) is 2.65. The van der Waals surface area contributed by atoms with Gasteiger partial charge in [0.1, 0.15) is 12.4 Å². The van der Waals surface area contributed by atoms with Gasteiger partial charge in [0.25, 0.3) is 0 Å². The van der Waals surface area contributed by atoms with Gasteiger partial charge in [0.2, 0.25) is 0 Å². The van der Waals surface area contributed by atoms with Gasteiger partial charge in [0.15, 0.2) is 0 Å². The van der Waals surface area contributed by atoms with Crippen LogP contribution < -0.4 is 4.74 Å². The molecule has 0 fully saturated rings. The summed E-state index contributed by atoms with van der Waals surface area (Å²) in [5.41, 5.74) is 6.96. The average Bonchev–Trinajstić information content (AvgIpc) is 3.10. The van der Waals surface area contributed by atoms with Gasteiger partial charge in [0.05, 0.1) is 23.4 Å². The molecule has 4 nitrogen and oxygen atoms in total. The Kier molecular flexibility index (Phi) is 4.57. The molecule has 0 radical (unpaired) electrons. The zero-order valence-electron chi connectivity index (χ0n) is 16.7. The molecular weight excluding hydrogens is 372 g/mol. The Morgan fingerprint density at radius 2 is 1.47 bits per heavy atom. The number of hydrogen-bond donors (Lipinski definition) is 1. The highest BCUT2D eigenvalue weighted by Gasteiger charge is 2.47. The topological polar surface area (TPSA) is 55.2 Å². The van der Waals surface area contributed by atoms with Crippen LogP contribution in [0.5, 0.6) is 5.75 Å². The van der Waals surface area contributed by atoms with Gasteiger partial charge < -0.3 is 9.84 Å². The second-order valence-corrected chi connectivity index (χ2v) is 7.47. The Hall–Kier alpha value is -3.50. The van der Waals surface area contributed by atoms with Gasteiger partial charge in [-0.3, -0.25) is 9.97 Å². The molecule has 0 atom stereocenters. The Morgan fingerprint density at radius 1 is 0.800 bits per heavy atom. The molecular formula is C26H22N2O2. The van der Waals surface area contributed by atoms with Crippen LogP contribution in [0.25, 0.3) is 11.4 Å². The van der Waals surface area contributed by atoms with Crippen molar-refractivity contribution >= 4 is 0 Å². The first-order valence-corrected chi connectivity index (χ1v) is 10.1. The van der Waals surface area contributed by atoms with Crippen LogP contribution >= 0.6 is 0 Å². The molecule has 4 heteroatoms. The SMILES string of the molecule is Cc1cc(C2(c3ccccc3)c3cccnc3-c3ncccc32)ccc1OCCO. The molecule has 2 aromatic carbocycles. The van der Waals surface area contributed by atoms with Crippen LogP contribution in [0, 0.1) is 6.92 Å². The summed E-state index contributed by atoms with van der Waals surface area (Å²) >= 11 is 0. The van der Waals surface area contributed by atoms with Crippen LogP contribution in [0.1, 0.15) is 27.8 Å². The molecule has 2 aromatic heterocycles. The van der Waals surface area contributed by atoms with Crippen molar-refractivity contribution in [2.45, 2.75) is 12.3 Å². The number of fused-ring (bicyclic) bond motifs is 3. The van der Waals surface area contributed by atoms with Crippen LogP contribution in [0.2, 0.25) is 0 Å². The summed E-state index contributed by atoms with van der Waals surface area (Å²) in [6.07, 6.45) is 3.66. The van der Waals surface area contributed by atoms with E-state index in [4.69, 9.17) is 19.8 Å². The van der Waals surface area contributed by atoms with Gasteiger partial charge in [-0.25, -0.2) is 0 Å². The number of aliphatic hydroxyl groups is 1. The van der Waals surface area contributed by atoms with Gasteiger partial charge in [-0.1, -0.05) is 54.6 Å². The van der Waals surface area contributed by atoms with Crippen molar-refractivity contribution in [2.75, 3.05) is 13.2 Å². The van der Waals surface area contributed by atoms with E-state index in [1.54, 1.807) is 0 Å². The fourth-order valence-electron chi connectivity index (χ4n) is 4.62. The van der Waals surface area contributed by atoms with Gasteiger partial charge in [-0.2, -0.15) is 0 Å². The molecule has 148 valence electrons. The summed E-state index contributed by atoms with van der Waals surface area (Å²) in [7, 11) is 0. The maximum absolute atomic E-state index is 9.11. The number of rotatable bonds is 5. The lowest BCUT2D eigenvalue weighted by Crippen LogP contribution is -2.28. The monoisotopic (exact) mass is 394 g/mol. The fraction of sp³-hybridized carbons (Fsp3) is 0.154. The molecule has 1 N–H and O–H groups in total. The molecule has 0 amide bonds. The summed E-state index contributed by atoms with van der Waals surface area (Å²) in [6.45, 7) is 2.31. The second kappa shape index (κ2) is 7.39. The Bertz CT molecular complexity index is 1160. The lowest BCUT2D eigenvalue weighted by Gasteiger charge is -2.33. The van der Waals surface area contributed by atoms with Gasteiger partial charge in [-0.05, 0) is 52.9 Å². The van der Waals surface area contributed by atoms with Crippen molar-refractivity contribution in [3.05, 3.63) is 113 Å². The van der Waals surface area contributed by atoms with E-state index in [1.807, 2.05) is 43.6 Å². The third-order valence-corrected chi connectivity index (χ3v) is 5.81. The average molecular weight is 394 g/mol. The van der Waals surface area contributed by atoms with Crippen molar-refractivity contribution in [3.63, 3.8) is 0 Å². The lowest BCUT2D eigenvalue weighted by atomic mass is 9.68. The Labute approximate surface area is 175 Å². The van der Waals surface area contributed by atoms with Crippen molar-refractivity contribution in [1.29, 1.82) is 0 Å². The van der Waals surface area contributed by atoms with E-state index in [0.717, 1.165) is 39.4 Å². The standard InChI is InChI=1S/C26H22N2O2/c1-18-17-20(11-12-23(18)30-16-15-29)26(19-7-3-2-4-8-19)21-9-5-13-27-24(21)25-22(26)10-6-14-28-25/h2-14,17,29H,15-16H2,1H3. The van der Waals surface area contributed by atoms with Gasteiger partial charge in [-0.15, -0.1) is 0 Å². The number of ether oxygens (including phenoxy) is 1. The number of aryl methyl sites for hydroxylation is 1. The predicted octanol–water partition coefficient (Wildman–Crippen LogP) is 4.52. The minimum atomic E-state index is -0.505. The van der Waals surface area contributed by atoms with Crippen LogP contribution in [-0.2, 0) is 5.41 Å². The maximum atomic E-state index is 9.11. The molecule has 0 saturated heterocycles. The number of aromatic nitrogens is 2. The highest BCUT2D eigenvalue weighted by Crippen LogP contribution is 2.54. The highest BCUT2D eigenvalue weighted by molar-refractivity contribution is 5.81. The largest absolute Gasteiger partial charge is 0.491 e. The first-order valence-electron chi connectivity index (χ1n) is 10.1. The van der Waals surface area contributed by atoms with Crippen LogP contribution in [-0.4, -0.2) is 28.3 Å². The van der Waals surface area contributed by atoms with E-state index >= 15 is 0 Å². The summed E-state index contributed by atoms with van der Waals surface area (Å²) in [4.78, 5) is 9.42. The quantitative estimate of drug-likeness (QED) is 0.476.